The van der Waals surface area contributed by atoms with Crippen LogP contribution in [-0.2, 0) is 13.1 Å². The van der Waals surface area contributed by atoms with Gasteiger partial charge in [-0.15, -0.1) is 0 Å². The van der Waals surface area contributed by atoms with E-state index in [0.717, 1.165) is 23.1 Å². The number of rotatable bonds is 5. The summed E-state index contributed by atoms with van der Waals surface area (Å²) in [6, 6.07) is 15.7. The quantitative estimate of drug-likeness (QED) is 0.496. The first kappa shape index (κ1) is 15.7. The Morgan fingerprint density at radius 2 is 1.76 bits per heavy atom. The first-order chi connectivity index (χ1) is 10.1. The Morgan fingerprint density at radius 3 is 2.38 bits per heavy atom. The number of carbonyl (C=O) groups is 1. The summed E-state index contributed by atoms with van der Waals surface area (Å²) >= 11 is 3.48. The fourth-order valence-corrected chi connectivity index (χ4v) is 2.66. The van der Waals surface area contributed by atoms with Crippen LogP contribution in [-0.4, -0.2) is 17.9 Å². The highest BCUT2D eigenvalue weighted by atomic mass is 79.9. The third-order valence-electron chi connectivity index (χ3n) is 3.11. The number of hydrogen-bond donors (Lipinski definition) is 2. The van der Waals surface area contributed by atoms with Gasteiger partial charge in [0.2, 0.25) is 0 Å². The van der Waals surface area contributed by atoms with Gasteiger partial charge in [-0.1, -0.05) is 40.2 Å². The van der Waals surface area contributed by atoms with Crippen molar-refractivity contribution in [1.82, 2.24) is 10.3 Å². The number of nitrogens with two attached hydrogens (primary N) is 1. The molecule has 0 unspecified atom stereocenters. The van der Waals surface area contributed by atoms with Crippen LogP contribution in [0.15, 0.2) is 53.0 Å². The van der Waals surface area contributed by atoms with Gasteiger partial charge < -0.3 is 0 Å². The number of nitrogen functional groups attached to an aromatic ring is 1. The van der Waals surface area contributed by atoms with Crippen molar-refractivity contribution < 1.29 is 4.79 Å². The minimum absolute atomic E-state index is 0.272. The molecule has 0 aromatic heterocycles. The molecule has 5 heteroatoms. The van der Waals surface area contributed by atoms with Crippen molar-refractivity contribution in [2.75, 3.05) is 7.05 Å². The van der Waals surface area contributed by atoms with Crippen LogP contribution in [0.3, 0.4) is 0 Å². The molecule has 21 heavy (non-hydrogen) atoms. The maximum atomic E-state index is 11.5. The number of amides is 1. The molecule has 0 fully saturated rings. The van der Waals surface area contributed by atoms with Crippen LogP contribution in [0.1, 0.15) is 21.5 Å². The van der Waals surface area contributed by atoms with Gasteiger partial charge in [0, 0.05) is 23.1 Å². The van der Waals surface area contributed by atoms with E-state index in [-0.39, 0.29) is 5.91 Å². The van der Waals surface area contributed by atoms with Gasteiger partial charge in [-0.05, 0) is 42.4 Å². The standard InChI is InChI=1S/C16H18BrN3O/c1-20(11-13-5-3-7-15(17)9-13)10-12-4-2-6-14(8-12)16(21)19-18/h2-9H,10-11,18H2,1H3,(H,19,21). The Balaban J connectivity index is 2.02. The van der Waals surface area contributed by atoms with Crippen LogP contribution in [0.4, 0.5) is 0 Å². The average Bonchev–Trinajstić information content (AvgIpc) is 2.46. The molecule has 0 spiro atoms. The van der Waals surface area contributed by atoms with Crippen molar-refractivity contribution in [3.63, 3.8) is 0 Å². The Hall–Kier alpha value is -1.69. The van der Waals surface area contributed by atoms with Crippen LogP contribution in [0.2, 0.25) is 0 Å². The van der Waals surface area contributed by atoms with E-state index in [2.05, 4.69) is 45.4 Å². The summed E-state index contributed by atoms with van der Waals surface area (Å²) in [6.07, 6.45) is 0. The molecule has 0 saturated heterocycles. The highest BCUT2D eigenvalue weighted by Crippen LogP contribution is 2.14. The zero-order valence-corrected chi connectivity index (χ0v) is 13.4. The minimum Gasteiger partial charge on any atom is -0.298 e. The van der Waals surface area contributed by atoms with Crippen molar-refractivity contribution in [2.45, 2.75) is 13.1 Å². The molecule has 3 N–H and O–H groups in total. The van der Waals surface area contributed by atoms with E-state index in [4.69, 9.17) is 5.84 Å². The topological polar surface area (TPSA) is 58.4 Å². The molecule has 0 aliphatic rings. The maximum Gasteiger partial charge on any atom is 0.265 e. The molecular formula is C16H18BrN3O. The monoisotopic (exact) mass is 347 g/mol. The molecule has 2 aromatic rings. The van der Waals surface area contributed by atoms with Crippen molar-refractivity contribution in [2.24, 2.45) is 5.84 Å². The first-order valence-electron chi connectivity index (χ1n) is 6.61. The Kier molecular flexibility index (Phi) is 5.50. The second-order valence-corrected chi connectivity index (χ2v) is 5.89. The lowest BCUT2D eigenvalue weighted by Gasteiger charge is -2.17. The zero-order chi connectivity index (χ0) is 15.2. The molecule has 1 amide bonds. The lowest BCUT2D eigenvalue weighted by atomic mass is 10.1. The second-order valence-electron chi connectivity index (χ2n) is 4.98. The minimum atomic E-state index is -0.272. The Bertz CT molecular complexity index is 630. The molecule has 2 rings (SSSR count). The fraction of sp³-hybridized carbons (Fsp3) is 0.188. The number of benzene rings is 2. The summed E-state index contributed by atoms with van der Waals surface area (Å²) < 4.78 is 1.08. The highest BCUT2D eigenvalue weighted by molar-refractivity contribution is 9.10. The summed E-state index contributed by atoms with van der Waals surface area (Å²) in [4.78, 5) is 13.7. The molecule has 0 bridgehead atoms. The number of carbonyl (C=O) groups excluding carboxylic acids is 1. The van der Waals surface area contributed by atoms with E-state index in [1.54, 1.807) is 6.07 Å². The van der Waals surface area contributed by atoms with Gasteiger partial charge in [0.25, 0.3) is 5.91 Å². The van der Waals surface area contributed by atoms with E-state index in [9.17, 15) is 4.79 Å². The van der Waals surface area contributed by atoms with E-state index in [0.29, 0.717) is 5.56 Å². The lowest BCUT2D eigenvalue weighted by molar-refractivity contribution is 0.0953. The maximum absolute atomic E-state index is 11.5. The SMILES string of the molecule is CN(Cc1cccc(Br)c1)Cc1cccc(C(=O)NN)c1. The average molecular weight is 348 g/mol. The fourth-order valence-electron chi connectivity index (χ4n) is 2.21. The number of nitrogens with zero attached hydrogens (tertiary/aromatic N) is 1. The largest absolute Gasteiger partial charge is 0.298 e. The molecule has 4 nitrogen and oxygen atoms in total. The molecule has 0 atom stereocenters. The van der Waals surface area contributed by atoms with E-state index in [1.807, 2.05) is 30.3 Å². The predicted molar refractivity (Wildman–Crippen MR) is 87.4 cm³/mol. The first-order valence-corrected chi connectivity index (χ1v) is 7.40. The van der Waals surface area contributed by atoms with Crippen LogP contribution >= 0.6 is 15.9 Å². The van der Waals surface area contributed by atoms with Gasteiger partial charge in [0.1, 0.15) is 0 Å². The smallest absolute Gasteiger partial charge is 0.265 e. The van der Waals surface area contributed by atoms with Gasteiger partial charge in [-0.3, -0.25) is 15.1 Å². The van der Waals surface area contributed by atoms with Crippen LogP contribution < -0.4 is 11.3 Å². The molecule has 0 aliphatic carbocycles. The van der Waals surface area contributed by atoms with Gasteiger partial charge in [0.05, 0.1) is 0 Å². The summed E-state index contributed by atoms with van der Waals surface area (Å²) in [5.41, 5.74) is 5.04. The van der Waals surface area contributed by atoms with Crippen LogP contribution in [0, 0.1) is 0 Å². The second kappa shape index (κ2) is 7.36. The van der Waals surface area contributed by atoms with Crippen LogP contribution in [0.25, 0.3) is 0 Å². The van der Waals surface area contributed by atoms with Gasteiger partial charge in [-0.25, -0.2) is 5.84 Å². The summed E-state index contributed by atoms with van der Waals surface area (Å²) in [6.45, 7) is 1.60. The van der Waals surface area contributed by atoms with Crippen LogP contribution in [0.5, 0.6) is 0 Å². The number of hydrazine groups is 1. The Labute approximate surface area is 133 Å². The Morgan fingerprint density at radius 1 is 1.14 bits per heavy atom. The van der Waals surface area contributed by atoms with Crippen molar-refractivity contribution in [3.05, 3.63) is 69.7 Å². The number of hydrogen-bond acceptors (Lipinski definition) is 3. The molecule has 0 heterocycles. The zero-order valence-electron chi connectivity index (χ0n) is 11.8. The third kappa shape index (κ3) is 4.67. The molecule has 110 valence electrons. The van der Waals surface area contributed by atoms with Crippen molar-refractivity contribution >= 4 is 21.8 Å². The van der Waals surface area contributed by atoms with Gasteiger partial charge in [0.15, 0.2) is 0 Å². The van der Waals surface area contributed by atoms with Gasteiger partial charge >= 0.3 is 0 Å². The van der Waals surface area contributed by atoms with E-state index >= 15 is 0 Å². The third-order valence-corrected chi connectivity index (χ3v) is 3.61. The lowest BCUT2D eigenvalue weighted by Crippen LogP contribution is -2.30. The molecular weight excluding hydrogens is 330 g/mol. The molecule has 0 aliphatic heterocycles. The number of halogens is 1. The van der Waals surface area contributed by atoms with E-state index < -0.39 is 0 Å². The van der Waals surface area contributed by atoms with Crippen molar-refractivity contribution in [1.29, 1.82) is 0 Å². The molecule has 0 saturated carbocycles. The summed E-state index contributed by atoms with van der Waals surface area (Å²) in [7, 11) is 2.05. The number of nitrogens with one attached hydrogen (secondary N) is 1. The van der Waals surface area contributed by atoms with E-state index in [1.165, 1.54) is 5.56 Å². The normalized spacial score (nSPS) is 10.7. The molecule has 2 aromatic carbocycles. The van der Waals surface area contributed by atoms with Crippen molar-refractivity contribution in [3.8, 4) is 0 Å². The van der Waals surface area contributed by atoms with Gasteiger partial charge in [-0.2, -0.15) is 0 Å². The molecule has 0 radical (unpaired) electrons. The highest BCUT2D eigenvalue weighted by Gasteiger charge is 2.06. The summed E-state index contributed by atoms with van der Waals surface area (Å²) in [5, 5.41) is 0. The summed E-state index contributed by atoms with van der Waals surface area (Å²) in [5.74, 6) is 4.89. The predicted octanol–water partition coefficient (Wildman–Crippen LogP) is 2.68.